The Morgan fingerprint density at radius 3 is 2.60 bits per heavy atom. The Morgan fingerprint density at radius 1 is 1.24 bits per heavy atom. The van der Waals surface area contributed by atoms with Gasteiger partial charge in [0, 0.05) is 12.1 Å². The molecule has 0 fully saturated rings. The van der Waals surface area contributed by atoms with Crippen LogP contribution in [0.2, 0.25) is 0 Å². The van der Waals surface area contributed by atoms with Crippen LogP contribution in [0.4, 0.5) is 5.69 Å². The highest BCUT2D eigenvalue weighted by Crippen LogP contribution is 2.17. The lowest BCUT2D eigenvalue weighted by Crippen LogP contribution is -2.18. The smallest absolute Gasteiger partial charge is 0.276 e. The van der Waals surface area contributed by atoms with E-state index in [9.17, 15) is 18.5 Å². The summed E-state index contributed by atoms with van der Waals surface area (Å²) in [6.45, 7) is 2.63. The van der Waals surface area contributed by atoms with Crippen LogP contribution in [0.1, 0.15) is 18.9 Å². The van der Waals surface area contributed by atoms with Crippen molar-refractivity contribution in [2.45, 2.75) is 18.2 Å². The van der Waals surface area contributed by atoms with Crippen molar-refractivity contribution < 1.29 is 18.1 Å². The molecule has 0 heterocycles. The van der Waals surface area contributed by atoms with E-state index in [0.717, 1.165) is 18.2 Å². The number of rotatable bonds is 8. The highest BCUT2D eigenvalue weighted by molar-refractivity contribution is 7.89. The zero-order chi connectivity index (χ0) is 18.3. The van der Waals surface area contributed by atoms with Crippen molar-refractivity contribution in [2.75, 3.05) is 6.61 Å². The first-order chi connectivity index (χ1) is 11.9. The van der Waals surface area contributed by atoms with Crippen molar-refractivity contribution in [2.24, 2.45) is 5.10 Å². The van der Waals surface area contributed by atoms with E-state index in [1.54, 1.807) is 24.3 Å². The second-order valence-corrected chi connectivity index (χ2v) is 6.69. The molecular formula is C16H17N3O5S. The molecule has 8 nitrogen and oxygen atoms in total. The molecule has 0 spiro atoms. The number of nitro benzene ring substituents is 1. The number of hydrogen-bond donors (Lipinski definition) is 1. The molecule has 2 rings (SSSR count). The minimum atomic E-state index is -3.98. The summed E-state index contributed by atoms with van der Waals surface area (Å²) in [5, 5.41) is 14.4. The maximum Gasteiger partial charge on any atom is 0.276 e. The van der Waals surface area contributed by atoms with Crippen molar-refractivity contribution in [3.05, 3.63) is 64.2 Å². The standard InChI is InChI=1S/C16H17N3O5S/c1-2-10-24-15-8-6-13(7-9-15)12-17-18-25(22,23)16-5-3-4-14(11-16)19(20)21/h3-9,11-12,18H,2,10H2,1H3/b17-12+. The fourth-order valence-corrected chi connectivity index (χ4v) is 2.69. The molecule has 0 amide bonds. The Kier molecular flexibility index (Phi) is 6.07. The summed E-state index contributed by atoms with van der Waals surface area (Å²) < 4.78 is 29.7. The molecule has 0 saturated carbocycles. The molecule has 0 atom stereocenters. The topological polar surface area (TPSA) is 111 Å². The van der Waals surface area contributed by atoms with E-state index in [2.05, 4.69) is 5.10 Å². The first-order valence-corrected chi connectivity index (χ1v) is 8.93. The Morgan fingerprint density at radius 2 is 1.96 bits per heavy atom. The molecule has 2 aromatic rings. The van der Waals surface area contributed by atoms with E-state index in [-0.39, 0.29) is 10.6 Å². The molecule has 132 valence electrons. The van der Waals surface area contributed by atoms with Gasteiger partial charge in [0.25, 0.3) is 15.7 Å². The van der Waals surface area contributed by atoms with Gasteiger partial charge in [-0.1, -0.05) is 13.0 Å². The molecular weight excluding hydrogens is 346 g/mol. The molecule has 9 heteroatoms. The van der Waals surface area contributed by atoms with Crippen molar-refractivity contribution >= 4 is 21.9 Å². The molecule has 1 N–H and O–H groups in total. The highest BCUT2D eigenvalue weighted by Gasteiger charge is 2.16. The van der Waals surface area contributed by atoms with Gasteiger partial charge in [0.1, 0.15) is 5.75 Å². The van der Waals surface area contributed by atoms with Crippen LogP contribution in [-0.2, 0) is 10.0 Å². The predicted octanol–water partition coefficient (Wildman–Crippen LogP) is 2.70. The van der Waals surface area contributed by atoms with E-state index in [1.807, 2.05) is 11.8 Å². The number of nitrogens with zero attached hydrogens (tertiary/aromatic N) is 2. The van der Waals surface area contributed by atoms with E-state index in [1.165, 1.54) is 24.4 Å². The molecule has 0 aromatic heterocycles. The van der Waals surface area contributed by atoms with Gasteiger partial charge in [0.15, 0.2) is 0 Å². The second-order valence-electron chi connectivity index (χ2n) is 5.02. The zero-order valence-electron chi connectivity index (χ0n) is 13.5. The number of ether oxygens (including phenoxy) is 1. The van der Waals surface area contributed by atoms with Gasteiger partial charge in [0.2, 0.25) is 0 Å². The van der Waals surface area contributed by atoms with Crippen LogP contribution in [0.3, 0.4) is 0 Å². The van der Waals surface area contributed by atoms with Gasteiger partial charge in [-0.2, -0.15) is 13.5 Å². The van der Waals surface area contributed by atoms with Gasteiger partial charge in [-0.05, 0) is 42.3 Å². The highest BCUT2D eigenvalue weighted by atomic mass is 32.2. The lowest BCUT2D eigenvalue weighted by molar-refractivity contribution is -0.385. The minimum absolute atomic E-state index is 0.234. The Hall–Kier alpha value is -2.94. The van der Waals surface area contributed by atoms with Gasteiger partial charge in [-0.25, -0.2) is 4.83 Å². The quantitative estimate of drug-likeness (QED) is 0.440. The summed E-state index contributed by atoms with van der Waals surface area (Å²) >= 11 is 0. The van der Waals surface area contributed by atoms with Crippen molar-refractivity contribution in [3.63, 3.8) is 0 Å². The number of nitro groups is 1. The van der Waals surface area contributed by atoms with Gasteiger partial charge in [-0.15, -0.1) is 0 Å². The first-order valence-electron chi connectivity index (χ1n) is 7.44. The summed E-state index contributed by atoms with van der Waals surface area (Å²) in [5.74, 6) is 0.719. The zero-order valence-corrected chi connectivity index (χ0v) is 14.3. The third-order valence-electron chi connectivity index (χ3n) is 3.08. The van der Waals surface area contributed by atoms with Crippen molar-refractivity contribution in [1.82, 2.24) is 4.83 Å². The largest absolute Gasteiger partial charge is 0.494 e. The molecule has 0 aliphatic heterocycles. The van der Waals surface area contributed by atoms with Crippen LogP contribution in [0.25, 0.3) is 0 Å². The summed E-state index contributed by atoms with van der Waals surface area (Å²) in [6.07, 6.45) is 2.24. The van der Waals surface area contributed by atoms with Gasteiger partial charge in [-0.3, -0.25) is 10.1 Å². The minimum Gasteiger partial charge on any atom is -0.494 e. The maximum absolute atomic E-state index is 12.1. The molecule has 0 radical (unpaired) electrons. The summed E-state index contributed by atoms with van der Waals surface area (Å²) in [6, 6.07) is 11.7. The Labute approximate surface area is 145 Å². The Bertz CT molecular complexity index is 864. The lowest BCUT2D eigenvalue weighted by Gasteiger charge is -2.04. The number of hydrazone groups is 1. The summed E-state index contributed by atoms with van der Waals surface area (Å²) in [7, 11) is -3.98. The number of hydrogen-bond acceptors (Lipinski definition) is 6. The van der Waals surface area contributed by atoms with Crippen molar-refractivity contribution in [1.29, 1.82) is 0 Å². The summed E-state index contributed by atoms with van der Waals surface area (Å²) in [5.41, 5.74) is 0.361. The molecule has 0 aliphatic rings. The molecule has 0 saturated heterocycles. The van der Waals surface area contributed by atoms with Crippen LogP contribution < -0.4 is 9.57 Å². The fourth-order valence-electron chi connectivity index (χ4n) is 1.86. The van der Waals surface area contributed by atoms with E-state index in [0.29, 0.717) is 12.2 Å². The molecule has 2 aromatic carbocycles. The first kappa shape index (κ1) is 18.4. The summed E-state index contributed by atoms with van der Waals surface area (Å²) in [4.78, 5) is 11.9. The normalized spacial score (nSPS) is 11.4. The molecule has 0 bridgehead atoms. The fraction of sp³-hybridized carbons (Fsp3) is 0.188. The van der Waals surface area contributed by atoms with Crippen molar-refractivity contribution in [3.8, 4) is 5.75 Å². The number of nitrogens with one attached hydrogen (secondary N) is 1. The Balaban J connectivity index is 2.05. The van der Waals surface area contributed by atoms with Gasteiger partial charge < -0.3 is 4.74 Å². The number of non-ortho nitro benzene ring substituents is 1. The van der Waals surface area contributed by atoms with Gasteiger partial charge >= 0.3 is 0 Å². The third kappa shape index (κ3) is 5.28. The van der Waals surface area contributed by atoms with E-state index >= 15 is 0 Å². The molecule has 0 aliphatic carbocycles. The van der Waals surface area contributed by atoms with E-state index < -0.39 is 14.9 Å². The monoisotopic (exact) mass is 363 g/mol. The predicted molar refractivity (Wildman–Crippen MR) is 93.2 cm³/mol. The number of benzene rings is 2. The van der Waals surface area contributed by atoms with Crippen LogP contribution in [-0.4, -0.2) is 26.2 Å². The van der Waals surface area contributed by atoms with E-state index in [4.69, 9.17) is 4.74 Å². The second kappa shape index (κ2) is 8.25. The van der Waals surface area contributed by atoms with Crippen LogP contribution in [0.5, 0.6) is 5.75 Å². The number of sulfonamides is 1. The SMILES string of the molecule is CCCOc1ccc(/C=N/NS(=O)(=O)c2cccc([N+](=O)[O-])c2)cc1. The van der Waals surface area contributed by atoms with Crippen LogP contribution >= 0.6 is 0 Å². The average Bonchev–Trinajstić information content (AvgIpc) is 2.61. The van der Waals surface area contributed by atoms with Crippen LogP contribution in [0.15, 0.2) is 58.5 Å². The van der Waals surface area contributed by atoms with Crippen LogP contribution in [0, 0.1) is 10.1 Å². The molecule has 0 unspecified atom stereocenters. The lowest BCUT2D eigenvalue weighted by atomic mass is 10.2. The maximum atomic E-state index is 12.1. The third-order valence-corrected chi connectivity index (χ3v) is 4.30. The van der Waals surface area contributed by atoms with Gasteiger partial charge in [0.05, 0.1) is 22.6 Å². The molecule has 25 heavy (non-hydrogen) atoms. The average molecular weight is 363 g/mol.